The summed E-state index contributed by atoms with van der Waals surface area (Å²) < 4.78 is 12.4. The van der Waals surface area contributed by atoms with Gasteiger partial charge in [-0.05, 0) is 0 Å². The Hall–Kier alpha value is -1.96. The molecule has 1 aliphatic rings. The second-order valence-corrected chi connectivity index (χ2v) is 6.14. The van der Waals surface area contributed by atoms with Crippen LogP contribution in [0.15, 0.2) is 18.6 Å². The smallest absolute Gasteiger partial charge is 0.243 e. The SMILES string of the molecule is OCC1O[C@H](OCCCl)C(n2cc(CNc3nccnn3)nn2)[C@@H](O)[C@@H]1O. The highest BCUT2D eigenvalue weighted by atomic mass is 35.5. The molecular weight excluding hydrogens is 382 g/mol. The topological polar surface area (TPSA) is 161 Å². The third-order valence-corrected chi connectivity index (χ3v) is 4.14. The maximum atomic E-state index is 10.5. The van der Waals surface area contributed by atoms with Gasteiger partial charge in [-0.15, -0.1) is 21.8 Å². The Morgan fingerprint density at radius 2 is 2.11 bits per heavy atom. The van der Waals surface area contributed by atoms with Crippen molar-refractivity contribution in [2.75, 3.05) is 24.4 Å². The molecule has 13 heteroatoms. The van der Waals surface area contributed by atoms with Gasteiger partial charge in [0, 0.05) is 5.88 Å². The number of nitrogens with one attached hydrogen (secondary N) is 1. The lowest BCUT2D eigenvalue weighted by atomic mass is 9.97. The summed E-state index contributed by atoms with van der Waals surface area (Å²) in [6.45, 7) is -0.0428. The molecule has 0 spiro atoms. The zero-order valence-electron chi connectivity index (χ0n) is 14.2. The minimum absolute atomic E-state index is 0.158. The van der Waals surface area contributed by atoms with Crippen molar-refractivity contribution in [1.29, 1.82) is 0 Å². The number of ether oxygens (including phenoxy) is 2. The molecule has 4 N–H and O–H groups in total. The maximum Gasteiger partial charge on any atom is 0.243 e. The van der Waals surface area contributed by atoms with Gasteiger partial charge in [0.25, 0.3) is 0 Å². The number of aliphatic hydroxyl groups excluding tert-OH is 3. The van der Waals surface area contributed by atoms with Crippen molar-refractivity contribution in [3.8, 4) is 0 Å². The molecule has 0 aliphatic carbocycles. The molecule has 1 aliphatic heterocycles. The monoisotopic (exact) mass is 401 g/mol. The van der Waals surface area contributed by atoms with Crippen molar-refractivity contribution >= 4 is 17.5 Å². The summed E-state index contributed by atoms with van der Waals surface area (Å²) in [7, 11) is 0. The van der Waals surface area contributed by atoms with Crippen LogP contribution in [-0.2, 0) is 16.0 Å². The van der Waals surface area contributed by atoms with Crippen LogP contribution in [-0.4, -0.2) is 89.2 Å². The Kier molecular flexibility index (Phi) is 6.82. The van der Waals surface area contributed by atoms with E-state index in [1.807, 2.05) is 0 Å². The number of anilines is 1. The van der Waals surface area contributed by atoms with Crippen LogP contribution < -0.4 is 5.32 Å². The molecule has 1 saturated heterocycles. The highest BCUT2D eigenvalue weighted by Gasteiger charge is 2.46. The highest BCUT2D eigenvalue weighted by Crippen LogP contribution is 2.30. The third-order valence-electron chi connectivity index (χ3n) is 3.98. The number of alkyl halides is 1. The quantitative estimate of drug-likeness (QED) is 0.373. The molecule has 0 radical (unpaired) electrons. The van der Waals surface area contributed by atoms with Gasteiger partial charge in [-0.3, -0.25) is 0 Å². The zero-order valence-corrected chi connectivity index (χ0v) is 14.9. The average Bonchev–Trinajstić information content (AvgIpc) is 3.16. The Bertz CT molecular complexity index is 708. The van der Waals surface area contributed by atoms with Crippen LogP contribution in [0.2, 0.25) is 0 Å². The molecule has 0 aromatic carbocycles. The zero-order chi connectivity index (χ0) is 19.2. The molecule has 12 nitrogen and oxygen atoms in total. The van der Waals surface area contributed by atoms with E-state index < -0.39 is 37.3 Å². The molecule has 2 aromatic rings. The number of hydrogen-bond acceptors (Lipinski definition) is 11. The predicted molar refractivity (Wildman–Crippen MR) is 90.6 cm³/mol. The van der Waals surface area contributed by atoms with Crippen LogP contribution in [0.4, 0.5) is 5.95 Å². The lowest BCUT2D eigenvalue weighted by molar-refractivity contribution is -0.280. The summed E-state index contributed by atoms with van der Waals surface area (Å²) in [6.07, 6.45) is -0.0282. The molecule has 27 heavy (non-hydrogen) atoms. The summed E-state index contributed by atoms with van der Waals surface area (Å²) in [4.78, 5) is 3.99. The van der Waals surface area contributed by atoms with Gasteiger partial charge in [-0.25, -0.2) is 9.67 Å². The normalized spacial score (nSPS) is 28.2. The van der Waals surface area contributed by atoms with E-state index in [-0.39, 0.29) is 19.0 Å². The van der Waals surface area contributed by atoms with Gasteiger partial charge >= 0.3 is 0 Å². The third kappa shape index (κ3) is 4.66. The Morgan fingerprint density at radius 3 is 2.81 bits per heavy atom. The summed E-state index contributed by atoms with van der Waals surface area (Å²) >= 11 is 5.65. The van der Waals surface area contributed by atoms with Crippen molar-refractivity contribution in [2.45, 2.75) is 37.2 Å². The van der Waals surface area contributed by atoms with Gasteiger partial charge in [-0.1, -0.05) is 5.21 Å². The summed E-state index contributed by atoms with van der Waals surface area (Å²) in [5.41, 5.74) is 0.532. The van der Waals surface area contributed by atoms with Gasteiger partial charge in [-0.2, -0.15) is 5.10 Å². The first-order valence-electron chi connectivity index (χ1n) is 8.22. The van der Waals surface area contributed by atoms with Crippen LogP contribution in [0.3, 0.4) is 0 Å². The van der Waals surface area contributed by atoms with Crippen molar-refractivity contribution < 1.29 is 24.8 Å². The van der Waals surface area contributed by atoms with Crippen LogP contribution >= 0.6 is 11.6 Å². The second-order valence-electron chi connectivity index (χ2n) is 5.77. The van der Waals surface area contributed by atoms with E-state index in [0.717, 1.165) is 0 Å². The van der Waals surface area contributed by atoms with Crippen LogP contribution in [0.1, 0.15) is 11.7 Å². The molecule has 148 valence electrons. The van der Waals surface area contributed by atoms with Gasteiger partial charge in [0.05, 0.1) is 38.3 Å². The maximum absolute atomic E-state index is 10.5. The fraction of sp³-hybridized carbons (Fsp3) is 0.643. The molecule has 5 atom stereocenters. The lowest BCUT2D eigenvalue weighted by Crippen LogP contribution is -2.57. The lowest BCUT2D eigenvalue weighted by Gasteiger charge is -2.41. The first kappa shape index (κ1) is 19.8. The van der Waals surface area contributed by atoms with E-state index in [2.05, 4.69) is 30.8 Å². The van der Waals surface area contributed by atoms with Crippen molar-refractivity contribution in [3.63, 3.8) is 0 Å². The van der Waals surface area contributed by atoms with Crippen molar-refractivity contribution in [3.05, 3.63) is 24.3 Å². The molecular formula is C14H20ClN7O5. The van der Waals surface area contributed by atoms with Gasteiger partial charge in [0.15, 0.2) is 6.29 Å². The van der Waals surface area contributed by atoms with Gasteiger partial charge in [0.2, 0.25) is 5.95 Å². The molecule has 0 amide bonds. The van der Waals surface area contributed by atoms with Crippen LogP contribution in [0.25, 0.3) is 0 Å². The Labute approximate surface area is 159 Å². The van der Waals surface area contributed by atoms with Gasteiger partial charge in [0.1, 0.15) is 30.0 Å². The first-order chi connectivity index (χ1) is 13.1. The van der Waals surface area contributed by atoms with E-state index >= 15 is 0 Å². The molecule has 0 saturated carbocycles. The van der Waals surface area contributed by atoms with E-state index in [9.17, 15) is 15.3 Å². The van der Waals surface area contributed by atoms with Crippen LogP contribution in [0.5, 0.6) is 0 Å². The number of aromatic nitrogens is 6. The van der Waals surface area contributed by atoms with E-state index in [0.29, 0.717) is 11.6 Å². The molecule has 3 heterocycles. The highest BCUT2D eigenvalue weighted by molar-refractivity contribution is 6.17. The Balaban J connectivity index is 1.72. The molecule has 3 rings (SSSR count). The van der Waals surface area contributed by atoms with E-state index in [1.54, 1.807) is 6.20 Å². The second kappa shape index (κ2) is 9.30. The number of nitrogens with zero attached hydrogens (tertiary/aromatic N) is 6. The number of hydrogen-bond donors (Lipinski definition) is 4. The molecule has 0 bridgehead atoms. The van der Waals surface area contributed by atoms with Crippen molar-refractivity contribution in [1.82, 2.24) is 30.2 Å². The fourth-order valence-corrected chi connectivity index (χ4v) is 2.77. The molecule has 2 unspecified atom stereocenters. The Morgan fingerprint density at radius 1 is 1.26 bits per heavy atom. The van der Waals surface area contributed by atoms with E-state index in [4.69, 9.17) is 21.1 Å². The summed E-state index contributed by atoms with van der Waals surface area (Å²) in [5.74, 6) is 0.546. The minimum Gasteiger partial charge on any atom is -0.394 e. The number of rotatable bonds is 8. The van der Waals surface area contributed by atoms with Crippen molar-refractivity contribution in [2.24, 2.45) is 0 Å². The molecule has 2 aromatic heterocycles. The fourth-order valence-electron chi connectivity index (χ4n) is 2.69. The average molecular weight is 402 g/mol. The van der Waals surface area contributed by atoms with Crippen LogP contribution in [0, 0.1) is 0 Å². The largest absolute Gasteiger partial charge is 0.394 e. The standard InChI is InChI=1S/C14H20ClN7O5/c15-1-4-26-13-10(12(25)11(24)9(7-23)27-13)22-6-8(19-21-22)5-17-14-16-2-3-18-20-14/h2-3,6,9-13,23-25H,1,4-5,7H2,(H,16,17,20)/t9?,10?,11-,12-,13+/m1/s1. The predicted octanol–water partition coefficient (Wildman–Crippen LogP) is -1.69. The number of halogens is 1. The van der Waals surface area contributed by atoms with Gasteiger partial charge < -0.3 is 30.1 Å². The minimum atomic E-state index is -1.31. The van der Waals surface area contributed by atoms with E-state index in [1.165, 1.54) is 17.1 Å². The first-order valence-corrected chi connectivity index (χ1v) is 8.75. The molecule has 1 fully saturated rings. The summed E-state index contributed by atoms with van der Waals surface area (Å²) in [6, 6.07) is -0.873. The number of aliphatic hydroxyl groups is 3. The summed E-state index contributed by atoms with van der Waals surface area (Å²) in [5, 5.41) is 48.4.